The fraction of sp³-hybridized carbons (Fsp3) is 0.917. The maximum Gasteiger partial charge on any atom is 0.143 e. The van der Waals surface area contributed by atoms with Crippen molar-refractivity contribution in [1.29, 1.82) is 0 Å². The molecule has 82 valence electrons. The number of likely N-dealkylation sites (N-methyl/N-ethyl adjacent to an activating group) is 1. The Morgan fingerprint density at radius 2 is 1.93 bits per heavy atom. The summed E-state index contributed by atoms with van der Waals surface area (Å²) in [6, 6.07) is 0.569. The smallest absolute Gasteiger partial charge is 0.143 e. The molecule has 1 atom stereocenters. The van der Waals surface area contributed by atoms with Crippen LogP contribution in [0.4, 0.5) is 0 Å². The minimum Gasteiger partial charge on any atom is -0.299 e. The van der Waals surface area contributed by atoms with E-state index in [1.54, 1.807) is 6.92 Å². The molecule has 14 heavy (non-hydrogen) atoms. The average molecular weight is 197 g/mol. The monoisotopic (exact) mass is 197 g/mol. The van der Waals surface area contributed by atoms with Gasteiger partial charge in [0, 0.05) is 6.04 Å². The number of nitrogens with zero attached hydrogens (tertiary/aromatic N) is 1. The Labute approximate surface area is 87.7 Å². The highest BCUT2D eigenvalue weighted by molar-refractivity contribution is 5.77. The molecule has 2 nitrogen and oxygen atoms in total. The Hall–Kier alpha value is -0.370. The van der Waals surface area contributed by atoms with Crippen molar-refractivity contribution in [1.82, 2.24) is 4.90 Å². The van der Waals surface area contributed by atoms with E-state index in [-0.39, 0.29) is 5.78 Å². The molecular weight excluding hydrogens is 174 g/mol. The molecular formula is C12H23NO. The van der Waals surface area contributed by atoms with Crippen LogP contribution in [0.25, 0.3) is 0 Å². The van der Waals surface area contributed by atoms with E-state index in [9.17, 15) is 4.79 Å². The Kier molecular flexibility index (Phi) is 4.59. The highest BCUT2D eigenvalue weighted by atomic mass is 16.1. The number of carbonyl (C=O) groups excluding carboxylic acids is 1. The van der Waals surface area contributed by atoms with E-state index in [1.165, 1.54) is 32.1 Å². The first-order chi connectivity index (χ1) is 6.61. The van der Waals surface area contributed by atoms with Crippen LogP contribution in [-0.4, -0.2) is 30.3 Å². The summed E-state index contributed by atoms with van der Waals surface area (Å²) >= 11 is 0. The van der Waals surface area contributed by atoms with Gasteiger partial charge < -0.3 is 0 Å². The minimum absolute atomic E-state index is 0.273. The summed E-state index contributed by atoms with van der Waals surface area (Å²) in [6.07, 6.45) is 6.86. The third kappa shape index (κ3) is 3.41. The first-order valence-corrected chi connectivity index (χ1v) is 5.81. The van der Waals surface area contributed by atoms with E-state index >= 15 is 0 Å². The molecule has 2 heteroatoms. The van der Waals surface area contributed by atoms with Crippen LogP contribution in [0.15, 0.2) is 0 Å². The predicted molar refractivity (Wildman–Crippen MR) is 59.3 cm³/mol. The molecule has 1 saturated carbocycles. The number of rotatable bonds is 4. The van der Waals surface area contributed by atoms with Crippen LogP contribution < -0.4 is 0 Å². The van der Waals surface area contributed by atoms with Crippen molar-refractivity contribution < 1.29 is 4.79 Å². The zero-order valence-electron chi connectivity index (χ0n) is 9.75. The van der Waals surface area contributed by atoms with Gasteiger partial charge >= 0.3 is 0 Å². The van der Waals surface area contributed by atoms with Gasteiger partial charge in [-0.3, -0.25) is 9.69 Å². The summed E-state index contributed by atoms with van der Waals surface area (Å²) in [5.74, 6) is 1.09. The predicted octanol–water partition coefficient (Wildman–Crippen LogP) is 2.48. The lowest BCUT2D eigenvalue weighted by atomic mass is 9.84. The highest BCUT2D eigenvalue weighted by Crippen LogP contribution is 2.28. The van der Waals surface area contributed by atoms with E-state index < -0.39 is 0 Å². The number of Topliss-reactive ketones (excluding diaryl/α,β-unsaturated/α-hetero) is 1. The molecule has 0 aromatic heterocycles. The van der Waals surface area contributed by atoms with Crippen LogP contribution in [-0.2, 0) is 4.79 Å². The van der Waals surface area contributed by atoms with Gasteiger partial charge in [0.25, 0.3) is 0 Å². The Morgan fingerprint density at radius 3 is 2.43 bits per heavy atom. The molecule has 0 aromatic carbocycles. The summed E-state index contributed by atoms with van der Waals surface area (Å²) in [7, 11) is 2.07. The van der Waals surface area contributed by atoms with Crippen molar-refractivity contribution in [3.63, 3.8) is 0 Å². The van der Waals surface area contributed by atoms with E-state index in [2.05, 4.69) is 18.9 Å². The minimum atomic E-state index is 0.273. The van der Waals surface area contributed by atoms with Crippen LogP contribution in [0, 0.1) is 5.92 Å². The maximum absolute atomic E-state index is 11.0. The standard InChI is InChI=1S/C12H23NO/c1-10(14)9-13(3)11(2)12-7-5-4-6-8-12/h11-12H,4-9H2,1-3H3/t11-/m0/s1. The fourth-order valence-electron chi connectivity index (χ4n) is 2.47. The Bertz CT molecular complexity index is 185. The molecule has 0 amide bonds. The summed E-state index contributed by atoms with van der Waals surface area (Å²) in [4.78, 5) is 13.2. The highest BCUT2D eigenvalue weighted by Gasteiger charge is 2.23. The molecule has 0 bridgehead atoms. The van der Waals surface area contributed by atoms with Gasteiger partial charge in [-0.2, -0.15) is 0 Å². The van der Waals surface area contributed by atoms with Crippen molar-refractivity contribution >= 4 is 5.78 Å². The summed E-state index contributed by atoms with van der Waals surface area (Å²) in [5.41, 5.74) is 0. The Morgan fingerprint density at radius 1 is 1.36 bits per heavy atom. The second-order valence-corrected chi connectivity index (χ2v) is 4.76. The summed E-state index contributed by atoms with van der Waals surface area (Å²) in [5, 5.41) is 0. The number of hydrogen-bond donors (Lipinski definition) is 0. The van der Waals surface area contributed by atoms with E-state index in [1.807, 2.05) is 0 Å². The molecule has 0 N–H and O–H groups in total. The molecule has 1 aliphatic carbocycles. The summed E-state index contributed by atoms with van der Waals surface area (Å²) in [6.45, 7) is 4.54. The fourth-order valence-corrected chi connectivity index (χ4v) is 2.47. The van der Waals surface area contributed by atoms with Crippen LogP contribution in [0.2, 0.25) is 0 Å². The van der Waals surface area contributed by atoms with Crippen molar-refractivity contribution in [2.75, 3.05) is 13.6 Å². The zero-order chi connectivity index (χ0) is 10.6. The molecule has 1 aliphatic rings. The van der Waals surface area contributed by atoms with E-state index in [0.29, 0.717) is 12.6 Å². The second kappa shape index (κ2) is 5.50. The molecule has 0 heterocycles. The first-order valence-electron chi connectivity index (χ1n) is 5.81. The van der Waals surface area contributed by atoms with Crippen molar-refractivity contribution in [2.45, 2.75) is 52.0 Å². The molecule has 0 unspecified atom stereocenters. The largest absolute Gasteiger partial charge is 0.299 e. The van der Waals surface area contributed by atoms with E-state index in [4.69, 9.17) is 0 Å². The zero-order valence-corrected chi connectivity index (χ0v) is 9.75. The maximum atomic E-state index is 11.0. The lowest BCUT2D eigenvalue weighted by molar-refractivity contribution is -0.118. The van der Waals surface area contributed by atoms with E-state index in [0.717, 1.165) is 5.92 Å². The lowest BCUT2D eigenvalue weighted by Crippen LogP contribution is -2.39. The van der Waals surface area contributed by atoms with Crippen molar-refractivity contribution in [3.05, 3.63) is 0 Å². The van der Waals surface area contributed by atoms with Crippen molar-refractivity contribution in [2.24, 2.45) is 5.92 Å². The van der Waals surface area contributed by atoms with Crippen LogP contribution in [0.5, 0.6) is 0 Å². The van der Waals surface area contributed by atoms with Gasteiger partial charge in [0.1, 0.15) is 5.78 Å². The molecule has 0 saturated heterocycles. The molecule has 0 radical (unpaired) electrons. The number of hydrogen-bond acceptors (Lipinski definition) is 2. The molecule has 1 fully saturated rings. The normalized spacial score (nSPS) is 21.1. The van der Waals surface area contributed by atoms with Gasteiger partial charge in [-0.15, -0.1) is 0 Å². The third-order valence-electron chi connectivity index (χ3n) is 3.50. The molecule has 0 spiro atoms. The number of carbonyl (C=O) groups is 1. The molecule has 0 aliphatic heterocycles. The Balaban J connectivity index is 2.37. The third-order valence-corrected chi connectivity index (χ3v) is 3.50. The second-order valence-electron chi connectivity index (χ2n) is 4.76. The topological polar surface area (TPSA) is 20.3 Å². The lowest BCUT2D eigenvalue weighted by Gasteiger charge is -2.33. The number of ketones is 1. The summed E-state index contributed by atoms with van der Waals surface area (Å²) < 4.78 is 0. The van der Waals surface area contributed by atoms with Crippen LogP contribution in [0.1, 0.15) is 46.0 Å². The van der Waals surface area contributed by atoms with Gasteiger partial charge in [0.2, 0.25) is 0 Å². The first kappa shape index (κ1) is 11.7. The van der Waals surface area contributed by atoms with Crippen LogP contribution in [0.3, 0.4) is 0 Å². The van der Waals surface area contributed by atoms with Crippen LogP contribution >= 0.6 is 0 Å². The quantitative estimate of drug-likeness (QED) is 0.690. The molecule has 1 rings (SSSR count). The van der Waals surface area contributed by atoms with Crippen molar-refractivity contribution in [3.8, 4) is 0 Å². The average Bonchev–Trinajstić information content (AvgIpc) is 2.17. The van der Waals surface area contributed by atoms with Gasteiger partial charge in [-0.05, 0) is 39.7 Å². The van der Waals surface area contributed by atoms with Gasteiger partial charge in [-0.25, -0.2) is 0 Å². The van der Waals surface area contributed by atoms with Gasteiger partial charge in [-0.1, -0.05) is 19.3 Å². The van der Waals surface area contributed by atoms with Gasteiger partial charge in [0.15, 0.2) is 0 Å². The van der Waals surface area contributed by atoms with Gasteiger partial charge in [0.05, 0.1) is 6.54 Å². The SMILES string of the molecule is CC(=O)CN(C)[C@@H](C)C1CCCCC1. The molecule has 0 aromatic rings.